The largest absolute Gasteiger partial charge is 0.102 e. The highest BCUT2D eigenvalue weighted by molar-refractivity contribution is 7.81. The van der Waals surface area contributed by atoms with Gasteiger partial charge < -0.3 is 0 Å². The zero-order chi connectivity index (χ0) is 18.8. The molecule has 0 bridgehead atoms. The van der Waals surface area contributed by atoms with Gasteiger partial charge in [-0.2, -0.15) is 0 Å². The summed E-state index contributed by atoms with van der Waals surface area (Å²) in [4.78, 5) is 0. The first-order valence-corrected chi connectivity index (χ1v) is 17.1. The predicted molar refractivity (Wildman–Crippen MR) is 129 cm³/mol. The van der Waals surface area contributed by atoms with Crippen LogP contribution in [0.4, 0.5) is 0 Å². The van der Waals surface area contributed by atoms with E-state index in [1.165, 1.54) is 64.2 Å². The second-order valence-corrected chi connectivity index (χ2v) is 16.2. The van der Waals surface area contributed by atoms with Gasteiger partial charge in [0.1, 0.15) is 0 Å². The van der Waals surface area contributed by atoms with Crippen LogP contribution in [0.15, 0.2) is 0 Å². The maximum Gasteiger partial charge on any atom is -0.0117 e. The zero-order valence-corrected chi connectivity index (χ0v) is 21.0. The molecule has 0 unspecified atom stereocenters. The highest BCUT2D eigenvalue weighted by atomic mass is 31.2. The minimum absolute atomic E-state index is 0.346. The van der Waals surface area contributed by atoms with E-state index in [0.29, 0.717) is 23.8 Å². The minimum atomic E-state index is 0.346. The van der Waals surface area contributed by atoms with Crippen molar-refractivity contribution >= 4 is 23.8 Å². The summed E-state index contributed by atoms with van der Waals surface area (Å²) in [5.74, 6) is 3.36. The Morgan fingerprint density at radius 1 is 0.360 bits per heavy atom. The fourth-order valence-corrected chi connectivity index (χ4v) is 16.5. The van der Waals surface area contributed by atoms with Crippen LogP contribution in [0.3, 0.4) is 0 Å². The summed E-state index contributed by atoms with van der Waals surface area (Å²) in [6, 6.07) is 0. The van der Waals surface area contributed by atoms with E-state index < -0.39 is 0 Å². The molecule has 0 aromatic rings. The molecule has 0 nitrogen and oxygen atoms in total. The quantitative estimate of drug-likeness (QED) is 0.187. The molecule has 0 spiro atoms. The summed E-state index contributed by atoms with van der Waals surface area (Å²) in [6.45, 7) is 11.9. The Kier molecular flexibility index (Phi) is 21.1. The molecule has 0 aliphatic rings. The molecule has 0 aliphatic heterocycles. The molecule has 0 saturated carbocycles. The summed E-state index contributed by atoms with van der Waals surface area (Å²) in [5.41, 5.74) is 0. The number of hydrogen-bond donors (Lipinski definition) is 0. The molecule has 25 heavy (non-hydrogen) atoms. The molecule has 0 amide bonds. The van der Waals surface area contributed by atoms with Crippen molar-refractivity contribution in [2.75, 3.05) is 42.6 Å². The van der Waals surface area contributed by atoms with Crippen LogP contribution in [0.5, 0.6) is 0 Å². The van der Waals surface area contributed by atoms with Gasteiger partial charge in [0.2, 0.25) is 0 Å². The molecule has 0 aromatic carbocycles. The first-order valence-electron chi connectivity index (χ1n) is 11.4. The van der Waals surface area contributed by atoms with E-state index in [1.54, 1.807) is 42.6 Å². The summed E-state index contributed by atoms with van der Waals surface area (Å²) in [7, 11) is 1.05. The van der Waals surface area contributed by atoms with Gasteiger partial charge in [-0.3, -0.25) is 0 Å². The smallest absolute Gasteiger partial charge is 0.0117 e. The van der Waals surface area contributed by atoms with E-state index in [0.717, 1.165) is 0 Å². The van der Waals surface area contributed by atoms with Gasteiger partial charge in [0.15, 0.2) is 0 Å². The van der Waals surface area contributed by atoms with E-state index in [4.69, 9.17) is 0 Å². The van der Waals surface area contributed by atoms with Crippen LogP contribution < -0.4 is 0 Å². The van der Waals surface area contributed by atoms with Crippen molar-refractivity contribution < 1.29 is 0 Å². The average molecular weight is 407 g/mol. The second kappa shape index (κ2) is 20.0. The highest BCUT2D eigenvalue weighted by Crippen LogP contribution is 2.59. The van der Waals surface area contributed by atoms with E-state index in [2.05, 4.69) is 34.6 Å². The molecule has 3 heteroatoms. The predicted octanol–water partition coefficient (Wildman–Crippen LogP) is 9.35. The van der Waals surface area contributed by atoms with Crippen LogP contribution in [0, 0.1) is 0 Å². The molecule has 0 fully saturated rings. The van der Waals surface area contributed by atoms with Crippen LogP contribution in [0.2, 0.25) is 0 Å². The molecule has 0 heterocycles. The summed E-state index contributed by atoms with van der Waals surface area (Å²) < 4.78 is 0. The summed E-state index contributed by atoms with van der Waals surface area (Å²) >= 11 is 0. The lowest BCUT2D eigenvalue weighted by Crippen LogP contribution is -2.02. The van der Waals surface area contributed by atoms with Crippen LogP contribution in [-0.4, -0.2) is 42.6 Å². The number of rotatable bonds is 19. The third-order valence-corrected chi connectivity index (χ3v) is 16.1. The second-order valence-electron chi connectivity index (χ2n) is 7.68. The van der Waals surface area contributed by atoms with Gasteiger partial charge in [0.05, 0.1) is 0 Å². The van der Waals surface area contributed by atoms with E-state index in [-0.39, 0.29) is 0 Å². The van der Waals surface area contributed by atoms with Crippen LogP contribution >= 0.6 is 23.8 Å². The van der Waals surface area contributed by atoms with Crippen LogP contribution in [0.25, 0.3) is 0 Å². The maximum atomic E-state index is 2.39. The Hall–Kier alpha value is 1.29. The van der Waals surface area contributed by atoms with Crippen molar-refractivity contribution in [1.29, 1.82) is 0 Å². The topological polar surface area (TPSA) is 0 Å². The summed E-state index contributed by atoms with van der Waals surface area (Å²) in [6.07, 6.45) is 22.4. The molecule has 0 saturated heterocycles. The van der Waals surface area contributed by atoms with Crippen molar-refractivity contribution in [1.82, 2.24) is 0 Å². The van der Waals surface area contributed by atoms with Gasteiger partial charge in [-0.15, -0.1) is 15.8 Å². The number of unbranched alkanes of at least 4 members (excludes halogenated alkanes) is 5. The fraction of sp³-hybridized carbons (Fsp3) is 1.00. The molecular weight excluding hydrogens is 357 g/mol. The Labute approximate surface area is 165 Å². The van der Waals surface area contributed by atoms with E-state index in [1.807, 2.05) is 0 Å². The first-order chi connectivity index (χ1) is 12.2. The molecule has 152 valence electrons. The number of hydrogen-bond acceptors (Lipinski definition) is 0. The van der Waals surface area contributed by atoms with Crippen molar-refractivity contribution in [3.05, 3.63) is 0 Å². The summed E-state index contributed by atoms with van der Waals surface area (Å²) in [5, 5.41) is 0. The first kappa shape index (κ1) is 26.3. The van der Waals surface area contributed by atoms with Gasteiger partial charge in [-0.25, -0.2) is 0 Å². The molecule has 0 aromatic heterocycles. The Morgan fingerprint density at radius 3 is 0.840 bits per heavy atom. The molecule has 0 rings (SSSR count). The minimum Gasteiger partial charge on any atom is -0.102 e. The van der Waals surface area contributed by atoms with Crippen molar-refractivity contribution in [3.8, 4) is 0 Å². The van der Waals surface area contributed by atoms with Crippen molar-refractivity contribution in [3.63, 3.8) is 0 Å². The normalized spacial score (nSPS) is 12.0. The van der Waals surface area contributed by atoms with Gasteiger partial charge in [0.25, 0.3) is 0 Å². The lowest BCUT2D eigenvalue weighted by atomic mass is 10.4. The monoisotopic (exact) mass is 406 g/mol. The van der Waals surface area contributed by atoms with Gasteiger partial charge >= 0.3 is 0 Å². The molecule has 0 N–H and O–H groups in total. The van der Waals surface area contributed by atoms with Crippen LogP contribution in [-0.2, 0) is 0 Å². The maximum absolute atomic E-state index is 2.39. The lowest BCUT2D eigenvalue weighted by molar-refractivity contribution is 0.867. The van der Waals surface area contributed by atoms with Gasteiger partial charge in [0, 0.05) is 0 Å². The Balaban J connectivity index is 4.70. The fourth-order valence-electron chi connectivity index (χ4n) is 3.17. The Bertz CT molecular complexity index is 220. The third kappa shape index (κ3) is 16.0. The third-order valence-electron chi connectivity index (χ3n) is 4.94. The standard InChI is InChI=1S/C22H49P3/c1-6-11-16-23(17-12-7-2)21-25(20-15-10-5)22-24(18-13-8-3)19-14-9-4/h6-22H2,1-5H3. The molecular formula is C22H49P3. The van der Waals surface area contributed by atoms with E-state index >= 15 is 0 Å². The lowest BCUT2D eigenvalue weighted by Gasteiger charge is -2.29. The zero-order valence-electron chi connectivity index (χ0n) is 18.4. The van der Waals surface area contributed by atoms with E-state index in [9.17, 15) is 0 Å². The van der Waals surface area contributed by atoms with Crippen LogP contribution in [0.1, 0.15) is 98.8 Å². The molecule has 0 atom stereocenters. The SMILES string of the molecule is CCCCP(CCCC)CP(CCCC)CP(CCCC)CCCC. The van der Waals surface area contributed by atoms with Crippen molar-refractivity contribution in [2.24, 2.45) is 0 Å². The Morgan fingerprint density at radius 2 is 0.600 bits per heavy atom. The average Bonchev–Trinajstić information content (AvgIpc) is 2.63. The van der Waals surface area contributed by atoms with Gasteiger partial charge in [-0.1, -0.05) is 74.6 Å². The van der Waals surface area contributed by atoms with Crippen molar-refractivity contribution in [2.45, 2.75) is 98.8 Å². The van der Waals surface area contributed by atoms with Gasteiger partial charge in [-0.05, 0) is 74.7 Å². The highest BCUT2D eigenvalue weighted by Gasteiger charge is 2.19. The molecule has 0 radical (unpaired) electrons. The molecule has 0 aliphatic carbocycles.